The Balaban J connectivity index is 1.86. The minimum Gasteiger partial charge on any atom is -0.494 e. The van der Waals surface area contributed by atoms with Gasteiger partial charge in [-0.25, -0.2) is 4.39 Å². The molecule has 0 spiro atoms. The van der Waals surface area contributed by atoms with E-state index in [1.807, 2.05) is 24.3 Å². The van der Waals surface area contributed by atoms with Gasteiger partial charge in [0.15, 0.2) is 5.88 Å². The van der Waals surface area contributed by atoms with Gasteiger partial charge < -0.3 is 15.5 Å². The van der Waals surface area contributed by atoms with Crippen molar-refractivity contribution in [1.29, 1.82) is 5.41 Å². The van der Waals surface area contributed by atoms with Gasteiger partial charge in [0.05, 0.1) is 5.71 Å². The number of nitrogens with one attached hydrogen (secondary N) is 2. The molecule has 4 heteroatoms. The molecule has 1 aromatic carbocycles. The Kier molecular flexibility index (Phi) is 3.05. The molecule has 1 heterocycles. The number of H-pyrrole nitrogens is 1. The van der Waals surface area contributed by atoms with E-state index in [4.69, 9.17) is 5.41 Å². The van der Waals surface area contributed by atoms with Crippen LogP contribution in [0.1, 0.15) is 12.0 Å². The van der Waals surface area contributed by atoms with Gasteiger partial charge in [-0.3, -0.25) is 0 Å². The van der Waals surface area contributed by atoms with Gasteiger partial charge in [-0.05, 0) is 47.9 Å². The summed E-state index contributed by atoms with van der Waals surface area (Å²) in [4.78, 5) is 2.86. The van der Waals surface area contributed by atoms with Gasteiger partial charge >= 0.3 is 0 Å². The number of aromatic amines is 1. The molecule has 2 aliphatic carbocycles. The number of fused-ring (bicyclic) bond motifs is 2. The van der Waals surface area contributed by atoms with Gasteiger partial charge in [-0.15, -0.1) is 0 Å². The first kappa shape index (κ1) is 13.8. The van der Waals surface area contributed by atoms with Crippen molar-refractivity contribution in [2.24, 2.45) is 5.92 Å². The van der Waals surface area contributed by atoms with Crippen LogP contribution in [0, 0.1) is 17.1 Å². The van der Waals surface area contributed by atoms with Gasteiger partial charge in [0, 0.05) is 22.4 Å². The van der Waals surface area contributed by atoms with Crippen LogP contribution >= 0.6 is 0 Å². The number of hydrogen-bond acceptors (Lipinski definition) is 2. The van der Waals surface area contributed by atoms with E-state index in [-0.39, 0.29) is 17.6 Å². The molecular weight excluding hydrogens is 291 g/mol. The number of rotatable bonds is 1. The third-order valence-corrected chi connectivity index (χ3v) is 4.39. The molecule has 0 aliphatic heterocycles. The maximum atomic E-state index is 13.6. The largest absolute Gasteiger partial charge is 0.494 e. The Bertz CT molecular complexity index is 944. The van der Waals surface area contributed by atoms with Gasteiger partial charge in [0.1, 0.15) is 5.82 Å². The Morgan fingerprint density at radius 3 is 3.04 bits per heavy atom. The quantitative estimate of drug-likeness (QED) is 0.714. The molecule has 23 heavy (non-hydrogen) atoms. The van der Waals surface area contributed by atoms with Crippen LogP contribution in [0.15, 0.2) is 59.7 Å². The van der Waals surface area contributed by atoms with Crippen LogP contribution in [0.3, 0.4) is 0 Å². The molecule has 1 atom stereocenters. The Hall–Kier alpha value is -2.88. The van der Waals surface area contributed by atoms with E-state index in [0.29, 0.717) is 22.2 Å². The van der Waals surface area contributed by atoms with Crippen molar-refractivity contribution in [3.63, 3.8) is 0 Å². The SMILES string of the molecule is N=C1C=C2C=CC=CCC2C1=Cc1c(O)[nH]c2ccc(F)cc12. The highest BCUT2D eigenvalue weighted by Gasteiger charge is 2.27. The zero-order valence-electron chi connectivity index (χ0n) is 12.3. The number of aromatic nitrogens is 1. The molecule has 114 valence electrons. The fraction of sp³-hybridized carbons (Fsp3) is 0.105. The van der Waals surface area contributed by atoms with Crippen LogP contribution in [-0.4, -0.2) is 15.8 Å². The Morgan fingerprint density at radius 2 is 2.17 bits per heavy atom. The Labute approximate surface area is 132 Å². The molecule has 4 rings (SSSR count). The van der Waals surface area contributed by atoms with Gasteiger partial charge in [-0.1, -0.05) is 24.3 Å². The summed E-state index contributed by atoms with van der Waals surface area (Å²) in [5.74, 6) is -0.244. The molecule has 0 saturated carbocycles. The lowest BCUT2D eigenvalue weighted by Gasteiger charge is -2.12. The maximum absolute atomic E-state index is 13.6. The number of hydrogen-bond donors (Lipinski definition) is 3. The van der Waals surface area contributed by atoms with E-state index in [1.54, 1.807) is 12.1 Å². The van der Waals surface area contributed by atoms with Crippen molar-refractivity contribution in [2.45, 2.75) is 6.42 Å². The van der Waals surface area contributed by atoms with Crippen LogP contribution < -0.4 is 0 Å². The highest BCUT2D eigenvalue weighted by atomic mass is 19.1. The summed E-state index contributed by atoms with van der Waals surface area (Å²) in [7, 11) is 0. The highest BCUT2D eigenvalue weighted by Crippen LogP contribution is 2.38. The molecule has 0 bridgehead atoms. The molecule has 0 amide bonds. The van der Waals surface area contributed by atoms with Crippen molar-refractivity contribution in [3.8, 4) is 5.88 Å². The number of allylic oxidation sites excluding steroid dienone is 7. The standard InChI is InChI=1S/C19H15FN2O/c20-12-6-7-18-15(9-12)16(19(23)22-18)10-14-13-5-3-1-2-4-11(13)8-17(14)21/h1-4,6-10,13,21-23H,5H2. The molecule has 3 N–H and O–H groups in total. The second-order valence-electron chi connectivity index (χ2n) is 5.81. The number of benzene rings is 1. The molecule has 2 aromatic rings. The summed E-state index contributed by atoms with van der Waals surface area (Å²) in [6.07, 6.45) is 12.5. The minimum absolute atomic E-state index is 0.000874. The van der Waals surface area contributed by atoms with Crippen LogP contribution in [0.25, 0.3) is 17.0 Å². The lowest BCUT2D eigenvalue weighted by Crippen LogP contribution is -2.03. The lowest BCUT2D eigenvalue weighted by atomic mass is 9.91. The lowest BCUT2D eigenvalue weighted by molar-refractivity contribution is 0.457. The fourth-order valence-corrected chi connectivity index (χ4v) is 3.26. The molecule has 1 unspecified atom stereocenters. The van der Waals surface area contributed by atoms with Crippen molar-refractivity contribution in [1.82, 2.24) is 4.98 Å². The minimum atomic E-state index is -0.350. The second kappa shape index (κ2) is 5.09. The van der Waals surface area contributed by atoms with Crippen molar-refractivity contribution in [3.05, 3.63) is 71.1 Å². The summed E-state index contributed by atoms with van der Waals surface area (Å²) in [5, 5.41) is 19.0. The zero-order valence-corrected chi connectivity index (χ0v) is 12.3. The average Bonchev–Trinajstić information content (AvgIpc) is 2.86. The normalized spacial score (nSPS) is 21.8. The van der Waals surface area contributed by atoms with E-state index in [1.165, 1.54) is 12.1 Å². The van der Waals surface area contributed by atoms with Crippen molar-refractivity contribution in [2.75, 3.05) is 0 Å². The smallest absolute Gasteiger partial charge is 0.196 e. The summed E-state index contributed by atoms with van der Waals surface area (Å²) >= 11 is 0. The third-order valence-electron chi connectivity index (χ3n) is 4.39. The molecule has 1 aromatic heterocycles. The van der Waals surface area contributed by atoms with Crippen molar-refractivity contribution < 1.29 is 9.50 Å². The van der Waals surface area contributed by atoms with Crippen LogP contribution in [0.4, 0.5) is 4.39 Å². The first-order chi connectivity index (χ1) is 11.1. The molecule has 0 radical (unpaired) electrons. The molecular formula is C19H15FN2O. The Morgan fingerprint density at radius 1 is 1.30 bits per heavy atom. The summed E-state index contributed by atoms with van der Waals surface area (Å²) in [6, 6.07) is 4.36. The van der Waals surface area contributed by atoms with Crippen LogP contribution in [0.2, 0.25) is 0 Å². The fourth-order valence-electron chi connectivity index (χ4n) is 3.26. The predicted molar refractivity (Wildman–Crippen MR) is 90.1 cm³/mol. The second-order valence-corrected chi connectivity index (χ2v) is 5.81. The first-order valence-electron chi connectivity index (χ1n) is 7.49. The summed E-state index contributed by atoms with van der Waals surface area (Å²) in [6.45, 7) is 0. The summed E-state index contributed by atoms with van der Waals surface area (Å²) < 4.78 is 13.6. The third kappa shape index (κ3) is 2.23. The monoisotopic (exact) mass is 306 g/mol. The van der Waals surface area contributed by atoms with Gasteiger partial charge in [-0.2, -0.15) is 0 Å². The molecule has 2 aliphatic rings. The maximum Gasteiger partial charge on any atom is 0.196 e. The van der Waals surface area contributed by atoms with E-state index in [9.17, 15) is 9.50 Å². The first-order valence-corrected chi connectivity index (χ1v) is 7.49. The van der Waals surface area contributed by atoms with Crippen LogP contribution in [-0.2, 0) is 0 Å². The van der Waals surface area contributed by atoms with E-state index >= 15 is 0 Å². The highest BCUT2D eigenvalue weighted by molar-refractivity contribution is 6.14. The molecule has 0 fully saturated rings. The topological polar surface area (TPSA) is 59.9 Å². The van der Waals surface area contributed by atoms with E-state index in [0.717, 1.165) is 17.6 Å². The zero-order chi connectivity index (χ0) is 16.0. The number of aromatic hydroxyl groups is 1. The number of halogens is 1. The summed E-state index contributed by atoms with van der Waals surface area (Å²) in [5.41, 5.74) is 3.59. The van der Waals surface area contributed by atoms with Gasteiger partial charge in [0.25, 0.3) is 0 Å². The van der Waals surface area contributed by atoms with Crippen molar-refractivity contribution >= 4 is 22.7 Å². The average molecular weight is 306 g/mol. The van der Waals surface area contributed by atoms with Crippen LogP contribution in [0.5, 0.6) is 5.88 Å². The molecule has 3 nitrogen and oxygen atoms in total. The van der Waals surface area contributed by atoms with E-state index < -0.39 is 0 Å². The van der Waals surface area contributed by atoms with Gasteiger partial charge in [0.2, 0.25) is 0 Å². The molecule has 0 saturated heterocycles. The van der Waals surface area contributed by atoms with E-state index in [2.05, 4.69) is 11.1 Å². The predicted octanol–water partition coefficient (Wildman–Crippen LogP) is 4.49.